The number of likely N-dealkylation sites (tertiary alicyclic amines) is 1. The Hall–Kier alpha value is -1.35. The summed E-state index contributed by atoms with van der Waals surface area (Å²) in [6.45, 7) is 5.88. The number of carbonyl (C=O) groups is 1. The number of rotatable bonds is 3. The third kappa shape index (κ3) is 3.35. The molecule has 0 radical (unpaired) electrons. The normalized spacial score (nSPS) is 18.8. The van der Waals surface area contributed by atoms with E-state index in [0.29, 0.717) is 0 Å². The Morgan fingerprint density at radius 2 is 1.74 bits per heavy atom. The van der Waals surface area contributed by atoms with Gasteiger partial charge in [-0.1, -0.05) is 31.0 Å². The molecule has 1 unspecified atom stereocenters. The molecule has 0 bridgehead atoms. The fourth-order valence-electron chi connectivity index (χ4n) is 2.80. The van der Waals surface area contributed by atoms with Gasteiger partial charge < -0.3 is 5.11 Å². The van der Waals surface area contributed by atoms with Crippen molar-refractivity contribution in [2.75, 3.05) is 13.1 Å². The standard InChI is InChI=1S/C16H23NO2/c1-12-7-8-14(11-13(12)2)15(16(18)19)17-9-5-3-4-6-10-17/h7-8,11,15H,3-6,9-10H2,1-2H3,(H,18,19). The molecule has 0 saturated carbocycles. The molecule has 19 heavy (non-hydrogen) atoms. The van der Waals surface area contributed by atoms with Gasteiger partial charge in [-0.2, -0.15) is 0 Å². The number of carboxylic acid groups (broad SMARTS) is 1. The number of aliphatic carboxylic acids is 1. The molecule has 1 aliphatic rings. The summed E-state index contributed by atoms with van der Waals surface area (Å²) >= 11 is 0. The van der Waals surface area contributed by atoms with E-state index in [2.05, 4.69) is 11.8 Å². The van der Waals surface area contributed by atoms with Crippen LogP contribution in [0.15, 0.2) is 18.2 Å². The minimum absolute atomic E-state index is 0.489. The Labute approximate surface area is 115 Å². The zero-order valence-electron chi connectivity index (χ0n) is 11.9. The molecule has 0 amide bonds. The maximum atomic E-state index is 11.7. The zero-order valence-corrected chi connectivity index (χ0v) is 11.9. The lowest BCUT2D eigenvalue weighted by molar-refractivity contribution is -0.143. The van der Waals surface area contributed by atoms with Gasteiger partial charge in [-0.25, -0.2) is 0 Å². The Bertz CT molecular complexity index is 448. The van der Waals surface area contributed by atoms with Gasteiger partial charge in [0.2, 0.25) is 0 Å². The van der Waals surface area contributed by atoms with Gasteiger partial charge in [0.25, 0.3) is 0 Å². The lowest BCUT2D eigenvalue weighted by Crippen LogP contribution is -2.35. The maximum Gasteiger partial charge on any atom is 0.325 e. The molecule has 1 aromatic carbocycles. The summed E-state index contributed by atoms with van der Waals surface area (Å²) in [6.07, 6.45) is 4.65. The monoisotopic (exact) mass is 261 g/mol. The van der Waals surface area contributed by atoms with Crippen LogP contribution in [0, 0.1) is 13.8 Å². The van der Waals surface area contributed by atoms with Gasteiger partial charge in [-0.15, -0.1) is 0 Å². The SMILES string of the molecule is Cc1ccc(C(C(=O)O)N2CCCCCC2)cc1C. The fraction of sp³-hybridized carbons (Fsp3) is 0.562. The lowest BCUT2D eigenvalue weighted by Gasteiger charge is -2.28. The Morgan fingerprint density at radius 3 is 2.26 bits per heavy atom. The molecule has 1 aromatic rings. The summed E-state index contributed by atoms with van der Waals surface area (Å²) in [5, 5.41) is 9.59. The topological polar surface area (TPSA) is 40.5 Å². The van der Waals surface area contributed by atoms with Crippen molar-refractivity contribution in [2.24, 2.45) is 0 Å². The maximum absolute atomic E-state index is 11.7. The van der Waals surface area contributed by atoms with Crippen molar-refractivity contribution in [1.29, 1.82) is 0 Å². The lowest BCUT2D eigenvalue weighted by atomic mass is 10.00. The van der Waals surface area contributed by atoms with Crippen molar-refractivity contribution < 1.29 is 9.90 Å². The van der Waals surface area contributed by atoms with Gasteiger partial charge >= 0.3 is 5.97 Å². The predicted octanol–water partition coefficient (Wildman–Crippen LogP) is 3.31. The van der Waals surface area contributed by atoms with Crippen LogP contribution in [0.25, 0.3) is 0 Å². The van der Waals surface area contributed by atoms with Crippen LogP contribution in [-0.4, -0.2) is 29.1 Å². The van der Waals surface area contributed by atoms with Gasteiger partial charge in [0.15, 0.2) is 0 Å². The number of hydrogen-bond acceptors (Lipinski definition) is 2. The first-order valence-electron chi connectivity index (χ1n) is 7.13. The molecule has 1 heterocycles. The van der Waals surface area contributed by atoms with Gasteiger partial charge in [0.1, 0.15) is 6.04 Å². The Balaban J connectivity index is 2.27. The number of aryl methyl sites for hydroxylation is 2. The first-order valence-corrected chi connectivity index (χ1v) is 7.13. The summed E-state index contributed by atoms with van der Waals surface area (Å²) in [5.74, 6) is -0.731. The molecule has 1 aliphatic heterocycles. The van der Waals surface area contributed by atoms with Crippen LogP contribution >= 0.6 is 0 Å². The molecule has 0 aromatic heterocycles. The number of hydrogen-bond donors (Lipinski definition) is 1. The molecule has 1 atom stereocenters. The number of carboxylic acids is 1. The summed E-state index contributed by atoms with van der Waals surface area (Å²) in [5.41, 5.74) is 3.29. The van der Waals surface area contributed by atoms with Crippen LogP contribution in [0.2, 0.25) is 0 Å². The second-order valence-corrected chi connectivity index (χ2v) is 5.53. The highest BCUT2D eigenvalue weighted by atomic mass is 16.4. The minimum atomic E-state index is -0.731. The molecule has 0 spiro atoms. The van der Waals surface area contributed by atoms with Crippen LogP contribution in [0.1, 0.15) is 48.4 Å². The largest absolute Gasteiger partial charge is 0.480 e. The van der Waals surface area contributed by atoms with E-state index in [1.54, 1.807) is 0 Å². The van der Waals surface area contributed by atoms with Gasteiger partial charge in [-0.05, 0) is 56.5 Å². The van der Waals surface area contributed by atoms with Crippen molar-refractivity contribution >= 4 is 5.97 Å². The highest BCUT2D eigenvalue weighted by Gasteiger charge is 2.27. The highest BCUT2D eigenvalue weighted by molar-refractivity contribution is 5.75. The smallest absolute Gasteiger partial charge is 0.325 e. The minimum Gasteiger partial charge on any atom is -0.480 e. The van der Waals surface area contributed by atoms with E-state index in [0.717, 1.165) is 31.5 Å². The van der Waals surface area contributed by atoms with E-state index in [-0.39, 0.29) is 0 Å². The average Bonchev–Trinajstić information content (AvgIpc) is 2.62. The number of benzene rings is 1. The van der Waals surface area contributed by atoms with E-state index >= 15 is 0 Å². The molecule has 2 rings (SSSR count). The predicted molar refractivity (Wildman–Crippen MR) is 76.3 cm³/mol. The van der Waals surface area contributed by atoms with Crippen molar-refractivity contribution in [1.82, 2.24) is 4.90 Å². The second kappa shape index (κ2) is 6.20. The summed E-state index contributed by atoms with van der Waals surface area (Å²) < 4.78 is 0. The van der Waals surface area contributed by atoms with Gasteiger partial charge in [0, 0.05) is 0 Å². The Morgan fingerprint density at radius 1 is 1.11 bits per heavy atom. The van der Waals surface area contributed by atoms with Crippen molar-refractivity contribution in [3.05, 3.63) is 34.9 Å². The van der Waals surface area contributed by atoms with E-state index in [1.807, 2.05) is 25.1 Å². The molecule has 104 valence electrons. The van der Waals surface area contributed by atoms with Crippen molar-refractivity contribution in [3.63, 3.8) is 0 Å². The highest BCUT2D eigenvalue weighted by Crippen LogP contribution is 2.26. The molecule has 1 fully saturated rings. The molecule has 1 N–H and O–H groups in total. The third-order valence-corrected chi connectivity index (χ3v) is 4.09. The molecule has 3 nitrogen and oxygen atoms in total. The van der Waals surface area contributed by atoms with Crippen molar-refractivity contribution in [3.8, 4) is 0 Å². The number of nitrogens with zero attached hydrogens (tertiary/aromatic N) is 1. The van der Waals surface area contributed by atoms with Crippen LogP contribution < -0.4 is 0 Å². The van der Waals surface area contributed by atoms with Crippen LogP contribution in [-0.2, 0) is 4.79 Å². The Kier molecular flexibility index (Phi) is 4.59. The van der Waals surface area contributed by atoms with Crippen LogP contribution in [0.3, 0.4) is 0 Å². The molecule has 0 aliphatic carbocycles. The first-order chi connectivity index (χ1) is 9.09. The average molecular weight is 261 g/mol. The zero-order chi connectivity index (χ0) is 13.8. The van der Waals surface area contributed by atoms with E-state index in [1.165, 1.54) is 24.0 Å². The van der Waals surface area contributed by atoms with E-state index in [4.69, 9.17) is 0 Å². The molecule has 3 heteroatoms. The summed E-state index contributed by atoms with van der Waals surface area (Å²) in [4.78, 5) is 13.8. The second-order valence-electron chi connectivity index (χ2n) is 5.53. The van der Waals surface area contributed by atoms with Gasteiger partial charge in [0.05, 0.1) is 0 Å². The van der Waals surface area contributed by atoms with Crippen LogP contribution in [0.4, 0.5) is 0 Å². The molecule has 1 saturated heterocycles. The third-order valence-electron chi connectivity index (χ3n) is 4.09. The van der Waals surface area contributed by atoms with E-state index in [9.17, 15) is 9.90 Å². The quantitative estimate of drug-likeness (QED) is 0.907. The molecular formula is C16H23NO2. The van der Waals surface area contributed by atoms with Crippen LogP contribution in [0.5, 0.6) is 0 Å². The molecular weight excluding hydrogens is 238 g/mol. The summed E-state index contributed by atoms with van der Waals surface area (Å²) in [6, 6.07) is 5.53. The first kappa shape index (κ1) is 14.1. The van der Waals surface area contributed by atoms with Gasteiger partial charge in [-0.3, -0.25) is 9.69 Å². The summed E-state index contributed by atoms with van der Waals surface area (Å²) in [7, 11) is 0. The van der Waals surface area contributed by atoms with Crippen molar-refractivity contribution in [2.45, 2.75) is 45.6 Å². The van der Waals surface area contributed by atoms with E-state index < -0.39 is 12.0 Å². The fourth-order valence-corrected chi connectivity index (χ4v) is 2.80.